The van der Waals surface area contributed by atoms with Gasteiger partial charge in [-0.3, -0.25) is 14.2 Å². The summed E-state index contributed by atoms with van der Waals surface area (Å²) in [6.45, 7) is 6.68. The quantitative estimate of drug-likeness (QED) is 0.671. The molecule has 1 aromatic carbocycles. The number of anilines is 1. The zero-order valence-electron chi connectivity index (χ0n) is 16.7. The van der Waals surface area contributed by atoms with Gasteiger partial charge in [0.05, 0.1) is 17.2 Å². The van der Waals surface area contributed by atoms with E-state index in [-0.39, 0.29) is 18.0 Å². The van der Waals surface area contributed by atoms with Crippen molar-refractivity contribution in [1.82, 2.24) is 24.4 Å². The first-order valence-electron chi connectivity index (χ1n) is 9.83. The minimum Gasteiger partial charge on any atom is -0.338 e. The van der Waals surface area contributed by atoms with Crippen molar-refractivity contribution in [2.24, 2.45) is 0 Å². The summed E-state index contributed by atoms with van der Waals surface area (Å²) < 4.78 is 1.38. The van der Waals surface area contributed by atoms with E-state index in [4.69, 9.17) is 0 Å². The molecule has 29 heavy (non-hydrogen) atoms. The second kappa shape index (κ2) is 7.98. The predicted molar refractivity (Wildman–Crippen MR) is 111 cm³/mol. The van der Waals surface area contributed by atoms with Crippen LogP contribution in [0.3, 0.4) is 0 Å². The van der Waals surface area contributed by atoms with E-state index in [9.17, 15) is 9.59 Å². The SMILES string of the molecule is CC(C)c1ccnc(N2CCN(C(=O)Cn3cnc4ccccc4c3=O)CC2)n1. The highest BCUT2D eigenvalue weighted by atomic mass is 16.2. The largest absolute Gasteiger partial charge is 0.338 e. The van der Waals surface area contributed by atoms with Crippen molar-refractivity contribution in [3.8, 4) is 0 Å². The van der Waals surface area contributed by atoms with Crippen LogP contribution in [0, 0.1) is 0 Å². The molecule has 3 heterocycles. The Labute approximate surface area is 168 Å². The molecule has 1 amide bonds. The van der Waals surface area contributed by atoms with Crippen LogP contribution in [0.25, 0.3) is 10.9 Å². The van der Waals surface area contributed by atoms with Crippen molar-refractivity contribution in [3.05, 3.63) is 58.9 Å². The van der Waals surface area contributed by atoms with Crippen LogP contribution in [0.1, 0.15) is 25.5 Å². The highest BCUT2D eigenvalue weighted by Crippen LogP contribution is 2.16. The van der Waals surface area contributed by atoms with Crippen molar-refractivity contribution < 1.29 is 4.79 Å². The van der Waals surface area contributed by atoms with Gasteiger partial charge < -0.3 is 9.80 Å². The Balaban J connectivity index is 1.41. The third-order valence-corrected chi connectivity index (χ3v) is 5.21. The normalized spacial score (nSPS) is 14.6. The first kappa shape index (κ1) is 19.0. The van der Waals surface area contributed by atoms with Crippen LogP contribution in [-0.2, 0) is 11.3 Å². The molecule has 1 aliphatic heterocycles. The van der Waals surface area contributed by atoms with Crippen molar-refractivity contribution in [1.29, 1.82) is 0 Å². The maximum absolute atomic E-state index is 12.7. The van der Waals surface area contributed by atoms with Gasteiger partial charge in [-0.2, -0.15) is 0 Å². The summed E-state index contributed by atoms with van der Waals surface area (Å²) in [5.74, 6) is 0.965. The molecule has 1 fully saturated rings. The molecule has 0 spiro atoms. The minimum absolute atomic E-state index is 0.00397. The number of nitrogens with zero attached hydrogens (tertiary/aromatic N) is 6. The van der Waals surface area contributed by atoms with E-state index in [1.54, 1.807) is 29.3 Å². The van der Waals surface area contributed by atoms with E-state index in [2.05, 4.69) is 33.7 Å². The summed E-state index contributed by atoms with van der Waals surface area (Å²) in [4.78, 5) is 42.5. The summed E-state index contributed by atoms with van der Waals surface area (Å²) in [5, 5.41) is 0.523. The van der Waals surface area contributed by atoms with Crippen molar-refractivity contribution in [2.75, 3.05) is 31.1 Å². The number of aromatic nitrogens is 4. The third kappa shape index (κ3) is 3.96. The molecule has 2 aromatic heterocycles. The molecule has 0 N–H and O–H groups in total. The van der Waals surface area contributed by atoms with Crippen LogP contribution in [0.4, 0.5) is 5.95 Å². The highest BCUT2D eigenvalue weighted by Gasteiger charge is 2.23. The Morgan fingerprint density at radius 1 is 1.07 bits per heavy atom. The van der Waals surface area contributed by atoms with Gasteiger partial charge in [0.15, 0.2) is 0 Å². The molecule has 0 bridgehead atoms. The van der Waals surface area contributed by atoms with E-state index >= 15 is 0 Å². The number of hydrogen-bond donors (Lipinski definition) is 0. The van der Waals surface area contributed by atoms with Crippen LogP contribution in [0.15, 0.2) is 47.7 Å². The first-order chi connectivity index (χ1) is 14.0. The highest BCUT2D eigenvalue weighted by molar-refractivity contribution is 5.79. The molecular weight excluding hydrogens is 368 g/mol. The van der Waals surface area contributed by atoms with Crippen LogP contribution in [0.2, 0.25) is 0 Å². The lowest BCUT2D eigenvalue weighted by Crippen LogP contribution is -2.50. The maximum atomic E-state index is 12.7. The van der Waals surface area contributed by atoms with Gasteiger partial charge >= 0.3 is 0 Å². The molecule has 3 aromatic rings. The maximum Gasteiger partial charge on any atom is 0.261 e. The molecule has 0 unspecified atom stereocenters. The fraction of sp³-hybridized carbons (Fsp3) is 0.381. The summed E-state index contributed by atoms with van der Waals surface area (Å²) in [7, 11) is 0. The van der Waals surface area contributed by atoms with Gasteiger partial charge in [0.1, 0.15) is 6.54 Å². The Hall–Kier alpha value is -3.29. The lowest BCUT2D eigenvalue weighted by molar-refractivity contribution is -0.132. The van der Waals surface area contributed by atoms with Gasteiger partial charge in [0.2, 0.25) is 11.9 Å². The zero-order chi connectivity index (χ0) is 20.4. The van der Waals surface area contributed by atoms with Crippen molar-refractivity contribution in [3.63, 3.8) is 0 Å². The number of hydrogen-bond acceptors (Lipinski definition) is 6. The van der Waals surface area contributed by atoms with E-state index in [1.165, 1.54) is 10.9 Å². The molecule has 0 saturated carbocycles. The Bertz CT molecular complexity index is 1090. The monoisotopic (exact) mass is 392 g/mol. The van der Waals surface area contributed by atoms with Crippen LogP contribution >= 0.6 is 0 Å². The fourth-order valence-electron chi connectivity index (χ4n) is 3.46. The average Bonchev–Trinajstić information content (AvgIpc) is 2.76. The van der Waals surface area contributed by atoms with Crippen LogP contribution in [-0.4, -0.2) is 56.5 Å². The number of carbonyl (C=O) groups is 1. The lowest BCUT2D eigenvalue weighted by Gasteiger charge is -2.35. The number of fused-ring (bicyclic) bond motifs is 1. The standard InChI is InChI=1S/C21H24N6O2/c1-15(2)17-7-8-22-21(24-17)26-11-9-25(10-12-26)19(28)13-27-14-23-18-6-4-3-5-16(18)20(27)29/h3-8,14-15H,9-13H2,1-2H3. The second-order valence-electron chi connectivity index (χ2n) is 7.50. The van der Waals surface area contributed by atoms with Gasteiger partial charge in [-0.05, 0) is 24.1 Å². The van der Waals surface area contributed by atoms with E-state index in [0.717, 1.165) is 5.69 Å². The smallest absolute Gasteiger partial charge is 0.261 e. The summed E-state index contributed by atoms with van der Waals surface area (Å²) in [5.41, 5.74) is 1.46. The molecule has 4 rings (SSSR count). The van der Waals surface area contributed by atoms with E-state index in [0.29, 0.717) is 48.9 Å². The zero-order valence-corrected chi connectivity index (χ0v) is 16.7. The van der Waals surface area contributed by atoms with Gasteiger partial charge in [-0.15, -0.1) is 0 Å². The number of benzene rings is 1. The lowest BCUT2D eigenvalue weighted by atomic mass is 10.1. The predicted octanol–water partition coefficient (Wildman–Crippen LogP) is 1.66. The second-order valence-corrected chi connectivity index (χ2v) is 7.50. The van der Waals surface area contributed by atoms with E-state index < -0.39 is 0 Å². The summed E-state index contributed by atoms with van der Waals surface area (Å²) >= 11 is 0. The van der Waals surface area contributed by atoms with E-state index in [1.807, 2.05) is 12.1 Å². The molecule has 0 atom stereocenters. The van der Waals surface area contributed by atoms with Crippen LogP contribution in [0.5, 0.6) is 0 Å². The molecule has 0 radical (unpaired) electrons. The van der Waals surface area contributed by atoms with Gasteiger partial charge in [0.25, 0.3) is 5.56 Å². The molecule has 1 saturated heterocycles. The number of amides is 1. The Morgan fingerprint density at radius 2 is 1.83 bits per heavy atom. The Morgan fingerprint density at radius 3 is 2.59 bits per heavy atom. The number of rotatable bonds is 4. The van der Waals surface area contributed by atoms with Gasteiger partial charge in [0, 0.05) is 38.1 Å². The average molecular weight is 392 g/mol. The summed E-state index contributed by atoms with van der Waals surface area (Å²) in [6, 6.07) is 9.09. The number of para-hydroxylation sites is 1. The molecule has 0 aliphatic carbocycles. The van der Waals surface area contributed by atoms with Gasteiger partial charge in [-0.1, -0.05) is 26.0 Å². The molecular formula is C21H24N6O2. The number of piperazine rings is 1. The fourth-order valence-corrected chi connectivity index (χ4v) is 3.46. The third-order valence-electron chi connectivity index (χ3n) is 5.21. The molecule has 1 aliphatic rings. The van der Waals surface area contributed by atoms with Crippen molar-refractivity contribution >= 4 is 22.8 Å². The molecule has 8 heteroatoms. The van der Waals surface area contributed by atoms with Crippen molar-refractivity contribution in [2.45, 2.75) is 26.3 Å². The Kier molecular flexibility index (Phi) is 5.24. The van der Waals surface area contributed by atoms with Gasteiger partial charge in [-0.25, -0.2) is 15.0 Å². The first-order valence-corrected chi connectivity index (χ1v) is 9.83. The minimum atomic E-state index is -0.193. The van der Waals surface area contributed by atoms with Crippen LogP contribution < -0.4 is 10.5 Å². The molecule has 150 valence electrons. The topological polar surface area (TPSA) is 84.2 Å². The molecule has 8 nitrogen and oxygen atoms in total. The summed E-state index contributed by atoms with van der Waals surface area (Å²) in [6.07, 6.45) is 3.23. The number of carbonyl (C=O) groups excluding carboxylic acids is 1.